The van der Waals surface area contributed by atoms with E-state index >= 15 is 0 Å². The van der Waals surface area contributed by atoms with Crippen molar-refractivity contribution in [1.82, 2.24) is 19.6 Å². The molecule has 5 nitrogen and oxygen atoms in total. The van der Waals surface area contributed by atoms with Crippen LogP contribution in [0.1, 0.15) is 36.5 Å². The van der Waals surface area contributed by atoms with Crippen LogP contribution in [0, 0.1) is 0 Å². The number of hydrogen-bond donors (Lipinski definition) is 0. The van der Waals surface area contributed by atoms with E-state index in [9.17, 15) is 4.79 Å². The molecule has 2 atom stereocenters. The minimum absolute atomic E-state index is 0.139. The van der Waals surface area contributed by atoms with E-state index in [4.69, 9.17) is 0 Å². The number of likely N-dealkylation sites (N-methyl/N-ethyl adjacent to an activating group) is 1. The van der Waals surface area contributed by atoms with Crippen molar-refractivity contribution in [2.24, 2.45) is 0 Å². The molecule has 2 fully saturated rings. The van der Waals surface area contributed by atoms with Gasteiger partial charge in [0.25, 0.3) is 5.91 Å². The maximum atomic E-state index is 12.5. The standard InChI is InChI=1S/C14H22N4O/c1-3-18-9-11(8-15-18)14(19)17-7-6-12-4-5-13(10-17)16(12)2/h8-9,12-13H,3-7,10H2,1-2H3/t12-,13+/m1/s1. The highest BCUT2D eigenvalue weighted by Gasteiger charge is 2.36. The number of amides is 1. The van der Waals surface area contributed by atoms with Crippen molar-refractivity contribution in [3.63, 3.8) is 0 Å². The Morgan fingerprint density at radius 1 is 1.37 bits per heavy atom. The molecule has 3 rings (SSSR count). The van der Waals surface area contributed by atoms with E-state index in [1.165, 1.54) is 12.8 Å². The number of aromatic nitrogens is 2. The van der Waals surface area contributed by atoms with Gasteiger partial charge >= 0.3 is 0 Å². The van der Waals surface area contributed by atoms with Crippen molar-refractivity contribution >= 4 is 5.91 Å². The number of aryl methyl sites for hydroxylation is 1. The van der Waals surface area contributed by atoms with Crippen molar-refractivity contribution in [3.05, 3.63) is 18.0 Å². The molecule has 1 aromatic rings. The number of carbonyl (C=O) groups is 1. The molecule has 0 aliphatic carbocycles. The first-order chi connectivity index (χ1) is 9.19. The first kappa shape index (κ1) is 12.7. The highest BCUT2D eigenvalue weighted by Crippen LogP contribution is 2.28. The Hall–Kier alpha value is -1.36. The normalized spacial score (nSPS) is 27.6. The van der Waals surface area contributed by atoms with Gasteiger partial charge in [0.1, 0.15) is 0 Å². The second-order valence-corrected chi connectivity index (χ2v) is 5.68. The van der Waals surface area contributed by atoms with Gasteiger partial charge in [-0.25, -0.2) is 0 Å². The molecule has 5 heteroatoms. The lowest BCUT2D eigenvalue weighted by atomic mass is 10.1. The highest BCUT2D eigenvalue weighted by molar-refractivity contribution is 5.93. The number of carbonyl (C=O) groups excluding carboxylic acids is 1. The third kappa shape index (κ3) is 2.27. The van der Waals surface area contributed by atoms with Crippen LogP contribution in [-0.4, -0.2) is 57.7 Å². The van der Waals surface area contributed by atoms with E-state index in [0.717, 1.165) is 31.6 Å². The minimum atomic E-state index is 0.139. The molecule has 0 spiro atoms. The van der Waals surface area contributed by atoms with Crippen molar-refractivity contribution in [1.29, 1.82) is 0 Å². The van der Waals surface area contributed by atoms with Crippen LogP contribution in [-0.2, 0) is 6.54 Å². The third-order valence-corrected chi connectivity index (χ3v) is 4.64. The molecule has 3 heterocycles. The molecule has 0 aromatic carbocycles. The Labute approximate surface area is 114 Å². The molecule has 0 unspecified atom stereocenters. The van der Waals surface area contributed by atoms with Gasteiger partial charge in [0.15, 0.2) is 0 Å². The molecule has 2 bridgehead atoms. The monoisotopic (exact) mass is 262 g/mol. The van der Waals surface area contributed by atoms with Crippen LogP contribution in [0.4, 0.5) is 0 Å². The van der Waals surface area contributed by atoms with E-state index in [0.29, 0.717) is 12.1 Å². The quantitative estimate of drug-likeness (QED) is 0.804. The predicted octanol–water partition coefficient (Wildman–Crippen LogP) is 1.21. The maximum Gasteiger partial charge on any atom is 0.257 e. The summed E-state index contributed by atoms with van der Waals surface area (Å²) in [5.41, 5.74) is 0.724. The van der Waals surface area contributed by atoms with Gasteiger partial charge in [0.05, 0.1) is 11.8 Å². The summed E-state index contributed by atoms with van der Waals surface area (Å²) in [5.74, 6) is 0.139. The van der Waals surface area contributed by atoms with Gasteiger partial charge in [0.2, 0.25) is 0 Å². The number of hydrogen-bond acceptors (Lipinski definition) is 3. The summed E-state index contributed by atoms with van der Waals surface area (Å²) in [5, 5.41) is 4.20. The van der Waals surface area contributed by atoms with Gasteiger partial charge in [-0.2, -0.15) is 5.10 Å². The van der Waals surface area contributed by atoms with Crippen molar-refractivity contribution < 1.29 is 4.79 Å². The molecule has 1 aromatic heterocycles. The number of fused-ring (bicyclic) bond motifs is 2. The molecule has 2 aliphatic heterocycles. The van der Waals surface area contributed by atoms with E-state index in [2.05, 4.69) is 17.0 Å². The molecule has 1 amide bonds. The van der Waals surface area contributed by atoms with E-state index in [1.54, 1.807) is 6.20 Å². The molecule has 0 N–H and O–H groups in total. The van der Waals surface area contributed by atoms with Gasteiger partial charge in [-0.3, -0.25) is 14.4 Å². The zero-order valence-corrected chi connectivity index (χ0v) is 11.7. The molecular weight excluding hydrogens is 240 g/mol. The van der Waals surface area contributed by atoms with Crippen LogP contribution >= 0.6 is 0 Å². The van der Waals surface area contributed by atoms with E-state index in [1.807, 2.05) is 22.7 Å². The summed E-state index contributed by atoms with van der Waals surface area (Å²) in [6.45, 7) is 4.58. The summed E-state index contributed by atoms with van der Waals surface area (Å²) < 4.78 is 1.81. The van der Waals surface area contributed by atoms with Crippen LogP contribution < -0.4 is 0 Å². The summed E-state index contributed by atoms with van der Waals surface area (Å²) in [6, 6.07) is 1.21. The molecule has 0 saturated carbocycles. The fraction of sp³-hybridized carbons (Fsp3) is 0.714. The second-order valence-electron chi connectivity index (χ2n) is 5.68. The van der Waals surface area contributed by atoms with Gasteiger partial charge in [-0.15, -0.1) is 0 Å². The average molecular weight is 262 g/mol. The predicted molar refractivity (Wildman–Crippen MR) is 73.0 cm³/mol. The van der Waals surface area contributed by atoms with E-state index in [-0.39, 0.29) is 5.91 Å². The third-order valence-electron chi connectivity index (χ3n) is 4.64. The summed E-state index contributed by atoms with van der Waals surface area (Å²) in [4.78, 5) is 17.0. The van der Waals surface area contributed by atoms with Gasteiger partial charge in [0, 0.05) is 37.9 Å². The largest absolute Gasteiger partial charge is 0.337 e. The number of rotatable bonds is 2. The Bertz CT molecular complexity index is 470. The lowest BCUT2D eigenvalue weighted by molar-refractivity contribution is 0.0740. The Balaban J connectivity index is 1.73. The fourth-order valence-corrected chi connectivity index (χ4v) is 3.32. The van der Waals surface area contributed by atoms with Gasteiger partial charge in [-0.1, -0.05) is 0 Å². The SMILES string of the molecule is CCn1cc(C(=O)N2CC[C@H]3CC[C@@H](C2)N3C)cn1. The minimum Gasteiger partial charge on any atom is -0.337 e. The summed E-state index contributed by atoms with van der Waals surface area (Å²) in [7, 11) is 2.20. The Kier molecular flexibility index (Phi) is 3.31. The van der Waals surface area contributed by atoms with Crippen LogP contribution in [0.25, 0.3) is 0 Å². The van der Waals surface area contributed by atoms with Gasteiger partial charge < -0.3 is 4.90 Å². The Morgan fingerprint density at radius 3 is 2.89 bits per heavy atom. The summed E-state index contributed by atoms with van der Waals surface area (Å²) >= 11 is 0. The van der Waals surface area contributed by atoms with Crippen molar-refractivity contribution in [2.75, 3.05) is 20.1 Å². The summed E-state index contributed by atoms with van der Waals surface area (Å²) in [6.07, 6.45) is 7.16. The average Bonchev–Trinajstić information content (AvgIpc) is 2.95. The molecule has 0 radical (unpaired) electrons. The lowest BCUT2D eigenvalue weighted by Gasteiger charge is -2.25. The molecule has 2 aliphatic rings. The number of likely N-dealkylation sites (tertiary alicyclic amines) is 1. The van der Waals surface area contributed by atoms with E-state index < -0.39 is 0 Å². The molecular formula is C14H22N4O. The fourth-order valence-electron chi connectivity index (χ4n) is 3.32. The molecule has 104 valence electrons. The first-order valence-electron chi connectivity index (χ1n) is 7.22. The van der Waals surface area contributed by atoms with Crippen LogP contribution in [0.2, 0.25) is 0 Å². The zero-order chi connectivity index (χ0) is 13.4. The smallest absolute Gasteiger partial charge is 0.257 e. The lowest BCUT2D eigenvalue weighted by Crippen LogP contribution is -2.39. The second kappa shape index (κ2) is 4.96. The molecule has 2 saturated heterocycles. The van der Waals surface area contributed by atoms with Crippen molar-refractivity contribution in [3.8, 4) is 0 Å². The van der Waals surface area contributed by atoms with Crippen LogP contribution in [0.15, 0.2) is 12.4 Å². The van der Waals surface area contributed by atoms with Crippen LogP contribution in [0.3, 0.4) is 0 Å². The topological polar surface area (TPSA) is 41.4 Å². The Morgan fingerprint density at radius 2 is 2.16 bits per heavy atom. The maximum absolute atomic E-state index is 12.5. The van der Waals surface area contributed by atoms with Crippen molar-refractivity contribution in [2.45, 2.75) is 44.8 Å². The first-order valence-corrected chi connectivity index (χ1v) is 7.22. The zero-order valence-electron chi connectivity index (χ0n) is 11.7. The number of nitrogens with zero attached hydrogens (tertiary/aromatic N) is 4. The van der Waals surface area contributed by atoms with Gasteiger partial charge in [-0.05, 0) is 33.2 Å². The molecule has 19 heavy (non-hydrogen) atoms. The highest BCUT2D eigenvalue weighted by atomic mass is 16.2. The van der Waals surface area contributed by atoms with Crippen LogP contribution in [0.5, 0.6) is 0 Å².